The van der Waals surface area contributed by atoms with Crippen LogP contribution < -0.4 is 4.74 Å². The van der Waals surface area contributed by atoms with Crippen molar-refractivity contribution in [1.29, 1.82) is 0 Å². The highest BCUT2D eigenvalue weighted by Gasteiger charge is 2.28. The number of rotatable bonds is 11. The molecule has 1 aliphatic heterocycles. The number of terminal acetylenes is 1. The van der Waals surface area contributed by atoms with Gasteiger partial charge in [0, 0.05) is 12.8 Å². The highest BCUT2D eigenvalue weighted by molar-refractivity contribution is 5.26. The van der Waals surface area contributed by atoms with Crippen LogP contribution in [0.4, 0.5) is 0 Å². The van der Waals surface area contributed by atoms with Gasteiger partial charge in [-0.05, 0) is 23.3 Å². The largest absolute Gasteiger partial charge is 0.497 e. The topological polar surface area (TPSA) is 40.2 Å². The number of benzene rings is 2. The number of hydrogen-bond donors (Lipinski definition) is 0. The second kappa shape index (κ2) is 10.1. The predicted molar refractivity (Wildman–Crippen MR) is 104 cm³/mol. The molecule has 1 aliphatic rings. The van der Waals surface area contributed by atoms with E-state index in [0.717, 1.165) is 29.9 Å². The number of epoxide rings is 1. The number of ether oxygens (including phenoxy) is 4. The minimum atomic E-state index is -0.287. The van der Waals surface area contributed by atoms with E-state index in [4.69, 9.17) is 25.4 Å². The maximum atomic E-state index is 6.14. The van der Waals surface area contributed by atoms with Gasteiger partial charge in [-0.3, -0.25) is 0 Å². The fraction of sp³-hybridized carbons (Fsp3) is 0.391. The van der Waals surface area contributed by atoms with E-state index in [2.05, 4.69) is 5.92 Å². The highest BCUT2D eigenvalue weighted by atomic mass is 16.6. The molecule has 0 spiro atoms. The molecule has 3 rings (SSSR count). The summed E-state index contributed by atoms with van der Waals surface area (Å²) in [7, 11) is 1.66. The van der Waals surface area contributed by atoms with Crippen molar-refractivity contribution in [2.24, 2.45) is 0 Å². The van der Waals surface area contributed by atoms with Gasteiger partial charge in [0.05, 0.1) is 39.1 Å². The zero-order valence-electron chi connectivity index (χ0n) is 15.7. The van der Waals surface area contributed by atoms with Gasteiger partial charge < -0.3 is 18.9 Å². The van der Waals surface area contributed by atoms with Gasteiger partial charge in [0.1, 0.15) is 11.9 Å². The quantitative estimate of drug-likeness (QED) is 0.446. The minimum Gasteiger partial charge on any atom is -0.497 e. The van der Waals surface area contributed by atoms with E-state index in [0.29, 0.717) is 19.6 Å². The van der Waals surface area contributed by atoms with Gasteiger partial charge in [0.15, 0.2) is 0 Å². The summed E-state index contributed by atoms with van der Waals surface area (Å²) in [6.45, 7) is 1.83. The van der Waals surface area contributed by atoms with Crippen molar-refractivity contribution in [2.45, 2.75) is 44.4 Å². The van der Waals surface area contributed by atoms with Crippen LogP contribution in [0.15, 0.2) is 54.6 Å². The Balaban J connectivity index is 1.51. The standard InChI is InChI=1S/C23H26O4/c1-3-20(25-15-18-7-5-4-6-8-18)13-22(14-23-17-27-23)26-16-19-9-11-21(24-2)12-10-19/h1,4-12,20,22-23H,13-17H2,2H3/t20-,22+,23-/m0/s1. The second-order valence-electron chi connectivity index (χ2n) is 6.66. The Morgan fingerprint density at radius 1 is 1.04 bits per heavy atom. The Hall–Kier alpha value is -2.32. The van der Waals surface area contributed by atoms with E-state index >= 15 is 0 Å². The van der Waals surface area contributed by atoms with E-state index in [1.165, 1.54) is 0 Å². The van der Waals surface area contributed by atoms with E-state index in [1.807, 2.05) is 54.6 Å². The smallest absolute Gasteiger partial charge is 0.120 e. The van der Waals surface area contributed by atoms with Gasteiger partial charge in [-0.2, -0.15) is 0 Å². The average molecular weight is 366 g/mol. The molecule has 0 aromatic heterocycles. The maximum Gasteiger partial charge on any atom is 0.120 e. The SMILES string of the molecule is C#C[C@@H](C[C@H](C[C@H]1CO1)OCc1ccc(OC)cc1)OCc1ccccc1. The maximum absolute atomic E-state index is 6.14. The van der Waals surface area contributed by atoms with Crippen LogP contribution in [-0.4, -0.2) is 32.0 Å². The van der Waals surface area contributed by atoms with Crippen LogP contribution in [0.2, 0.25) is 0 Å². The fourth-order valence-electron chi connectivity index (χ4n) is 2.86. The Labute approximate surface area is 161 Å². The van der Waals surface area contributed by atoms with Crippen molar-refractivity contribution in [3.63, 3.8) is 0 Å². The van der Waals surface area contributed by atoms with Crippen LogP contribution in [0.5, 0.6) is 5.75 Å². The third-order valence-electron chi connectivity index (χ3n) is 4.53. The first-order valence-electron chi connectivity index (χ1n) is 9.24. The molecule has 0 radical (unpaired) electrons. The monoisotopic (exact) mass is 366 g/mol. The van der Waals surface area contributed by atoms with Gasteiger partial charge in [-0.25, -0.2) is 0 Å². The molecule has 4 nitrogen and oxygen atoms in total. The van der Waals surface area contributed by atoms with Crippen LogP contribution >= 0.6 is 0 Å². The van der Waals surface area contributed by atoms with Gasteiger partial charge in [0.25, 0.3) is 0 Å². The van der Waals surface area contributed by atoms with Crippen LogP contribution in [0.1, 0.15) is 24.0 Å². The lowest BCUT2D eigenvalue weighted by atomic mass is 10.1. The molecule has 2 aromatic rings. The molecule has 1 saturated heterocycles. The molecule has 0 bridgehead atoms. The summed E-state index contributed by atoms with van der Waals surface area (Å²) in [6, 6.07) is 17.9. The molecule has 27 heavy (non-hydrogen) atoms. The van der Waals surface area contributed by atoms with Crippen LogP contribution in [0.3, 0.4) is 0 Å². The van der Waals surface area contributed by atoms with E-state index in [-0.39, 0.29) is 18.3 Å². The van der Waals surface area contributed by atoms with Crippen LogP contribution in [0, 0.1) is 12.3 Å². The van der Waals surface area contributed by atoms with Crippen molar-refractivity contribution >= 4 is 0 Å². The number of hydrogen-bond acceptors (Lipinski definition) is 4. The molecule has 142 valence electrons. The Bertz CT molecular complexity index is 716. The Morgan fingerprint density at radius 3 is 2.33 bits per heavy atom. The summed E-state index contributed by atoms with van der Waals surface area (Å²) in [5, 5.41) is 0. The molecule has 0 unspecified atom stereocenters. The molecule has 0 N–H and O–H groups in total. The van der Waals surface area contributed by atoms with Gasteiger partial charge >= 0.3 is 0 Å². The summed E-state index contributed by atoms with van der Waals surface area (Å²) in [4.78, 5) is 0. The molecular weight excluding hydrogens is 340 g/mol. The molecule has 1 heterocycles. The van der Waals surface area contributed by atoms with E-state index < -0.39 is 0 Å². The van der Waals surface area contributed by atoms with Gasteiger partial charge in [-0.1, -0.05) is 48.4 Å². The average Bonchev–Trinajstić information content (AvgIpc) is 3.54. The van der Waals surface area contributed by atoms with Crippen molar-refractivity contribution in [1.82, 2.24) is 0 Å². The zero-order valence-corrected chi connectivity index (χ0v) is 15.7. The molecule has 0 amide bonds. The van der Waals surface area contributed by atoms with E-state index in [1.54, 1.807) is 7.11 Å². The van der Waals surface area contributed by atoms with Crippen molar-refractivity contribution < 1.29 is 18.9 Å². The Morgan fingerprint density at radius 2 is 1.70 bits per heavy atom. The molecule has 0 saturated carbocycles. The second-order valence-corrected chi connectivity index (χ2v) is 6.66. The van der Waals surface area contributed by atoms with Crippen molar-refractivity contribution in [3.8, 4) is 18.1 Å². The fourth-order valence-corrected chi connectivity index (χ4v) is 2.86. The lowest BCUT2D eigenvalue weighted by Gasteiger charge is -2.21. The van der Waals surface area contributed by atoms with Gasteiger partial charge in [0.2, 0.25) is 0 Å². The third-order valence-corrected chi connectivity index (χ3v) is 4.53. The normalized spacial score (nSPS) is 17.7. The predicted octanol–water partition coefficient (Wildman–Crippen LogP) is 3.98. The molecule has 1 fully saturated rings. The summed E-state index contributed by atoms with van der Waals surface area (Å²) in [6.07, 6.45) is 7.17. The summed E-state index contributed by atoms with van der Waals surface area (Å²) >= 11 is 0. The van der Waals surface area contributed by atoms with Crippen LogP contribution in [-0.2, 0) is 27.4 Å². The summed E-state index contributed by atoms with van der Waals surface area (Å²) in [5.41, 5.74) is 2.21. The summed E-state index contributed by atoms with van der Waals surface area (Å²) < 4.78 is 22.6. The molecule has 0 aliphatic carbocycles. The van der Waals surface area contributed by atoms with Crippen LogP contribution in [0.25, 0.3) is 0 Å². The Kier molecular flexibility index (Phi) is 7.29. The van der Waals surface area contributed by atoms with Crippen molar-refractivity contribution in [2.75, 3.05) is 13.7 Å². The zero-order chi connectivity index (χ0) is 18.9. The van der Waals surface area contributed by atoms with E-state index in [9.17, 15) is 0 Å². The first-order chi connectivity index (χ1) is 13.3. The molecular formula is C23H26O4. The highest BCUT2D eigenvalue weighted by Crippen LogP contribution is 2.23. The molecule has 4 heteroatoms. The first-order valence-corrected chi connectivity index (χ1v) is 9.24. The molecule has 2 aromatic carbocycles. The van der Waals surface area contributed by atoms with Crippen molar-refractivity contribution in [3.05, 3.63) is 65.7 Å². The lowest BCUT2D eigenvalue weighted by molar-refractivity contribution is -0.0162. The third kappa shape index (κ3) is 6.73. The first kappa shape index (κ1) is 19.4. The number of methoxy groups -OCH3 is 1. The minimum absolute atomic E-state index is 0.00331. The summed E-state index contributed by atoms with van der Waals surface area (Å²) in [5.74, 6) is 3.59. The molecule has 3 atom stereocenters. The van der Waals surface area contributed by atoms with Gasteiger partial charge in [-0.15, -0.1) is 6.42 Å². The lowest BCUT2D eigenvalue weighted by Crippen LogP contribution is -2.24.